The molecule has 0 aliphatic heterocycles. The Labute approximate surface area is 123 Å². The fourth-order valence-corrected chi connectivity index (χ4v) is 2.11. The fourth-order valence-electron chi connectivity index (χ4n) is 2.11. The van der Waals surface area contributed by atoms with Crippen LogP contribution in [-0.2, 0) is 13.6 Å². The minimum absolute atomic E-state index is 0.697. The Morgan fingerprint density at radius 3 is 2.81 bits per heavy atom. The molecular formula is C16H17N5. The highest BCUT2D eigenvalue weighted by atomic mass is 15.2. The van der Waals surface area contributed by atoms with Crippen LogP contribution in [-0.4, -0.2) is 19.7 Å². The maximum atomic E-state index is 4.39. The number of nitrogens with zero attached hydrogens (tertiary/aromatic N) is 4. The summed E-state index contributed by atoms with van der Waals surface area (Å²) in [6.45, 7) is 2.73. The van der Waals surface area contributed by atoms with Crippen LogP contribution >= 0.6 is 0 Å². The summed E-state index contributed by atoms with van der Waals surface area (Å²) in [5.74, 6) is 0.854. The molecule has 2 aromatic heterocycles. The summed E-state index contributed by atoms with van der Waals surface area (Å²) in [6.07, 6.45) is 3.58. The molecule has 0 aliphatic carbocycles. The number of benzene rings is 1. The first-order valence-electron chi connectivity index (χ1n) is 6.82. The number of pyridine rings is 1. The monoisotopic (exact) mass is 279 g/mol. The summed E-state index contributed by atoms with van der Waals surface area (Å²) < 4.78 is 1.90. The van der Waals surface area contributed by atoms with Crippen LogP contribution in [0.15, 0.2) is 48.9 Å². The first-order valence-corrected chi connectivity index (χ1v) is 6.82. The minimum Gasteiger partial charge on any atom is -0.379 e. The normalized spacial score (nSPS) is 10.6. The van der Waals surface area contributed by atoms with Crippen molar-refractivity contribution in [1.29, 1.82) is 0 Å². The molecule has 0 spiro atoms. The lowest BCUT2D eigenvalue weighted by molar-refractivity contribution is 0.919. The summed E-state index contributed by atoms with van der Waals surface area (Å²) in [6, 6.07) is 12.2. The number of nitrogens with one attached hydrogen (secondary N) is 1. The van der Waals surface area contributed by atoms with Gasteiger partial charge in [-0.3, -0.25) is 4.98 Å². The molecule has 0 aliphatic rings. The van der Waals surface area contributed by atoms with Gasteiger partial charge in [-0.2, -0.15) is 0 Å². The summed E-state index contributed by atoms with van der Waals surface area (Å²) in [7, 11) is 1.94. The van der Waals surface area contributed by atoms with Gasteiger partial charge in [0.05, 0.1) is 12.2 Å². The quantitative estimate of drug-likeness (QED) is 0.798. The van der Waals surface area contributed by atoms with Gasteiger partial charge in [0.1, 0.15) is 6.33 Å². The third-order valence-corrected chi connectivity index (χ3v) is 3.28. The van der Waals surface area contributed by atoms with Gasteiger partial charge in [-0.1, -0.05) is 18.2 Å². The molecule has 3 rings (SSSR count). The number of rotatable bonds is 4. The van der Waals surface area contributed by atoms with E-state index in [4.69, 9.17) is 0 Å². The van der Waals surface area contributed by atoms with Crippen molar-refractivity contribution in [1.82, 2.24) is 19.7 Å². The van der Waals surface area contributed by atoms with Crippen molar-refractivity contribution >= 4 is 5.69 Å². The minimum atomic E-state index is 0.697. The van der Waals surface area contributed by atoms with Crippen molar-refractivity contribution < 1.29 is 0 Å². The van der Waals surface area contributed by atoms with Crippen LogP contribution in [0.4, 0.5) is 5.69 Å². The van der Waals surface area contributed by atoms with E-state index in [0.29, 0.717) is 6.54 Å². The second-order valence-electron chi connectivity index (χ2n) is 5.03. The van der Waals surface area contributed by atoms with E-state index in [9.17, 15) is 0 Å². The number of aryl methyl sites for hydroxylation is 2. The second-order valence-corrected chi connectivity index (χ2v) is 5.03. The average Bonchev–Trinajstić information content (AvgIpc) is 2.93. The first kappa shape index (κ1) is 13.3. The zero-order valence-corrected chi connectivity index (χ0v) is 12.1. The number of anilines is 1. The van der Waals surface area contributed by atoms with Crippen LogP contribution in [0.2, 0.25) is 0 Å². The van der Waals surface area contributed by atoms with Gasteiger partial charge in [-0.05, 0) is 30.7 Å². The van der Waals surface area contributed by atoms with Crippen LogP contribution in [0, 0.1) is 6.92 Å². The van der Waals surface area contributed by atoms with E-state index < -0.39 is 0 Å². The predicted molar refractivity (Wildman–Crippen MR) is 82.7 cm³/mol. The Balaban J connectivity index is 1.74. The molecule has 5 nitrogen and oxygen atoms in total. The lowest BCUT2D eigenvalue weighted by atomic mass is 10.2. The average molecular weight is 279 g/mol. The molecule has 1 N–H and O–H groups in total. The van der Waals surface area contributed by atoms with Gasteiger partial charge in [0.2, 0.25) is 0 Å². The van der Waals surface area contributed by atoms with Crippen LogP contribution in [0.25, 0.3) is 11.4 Å². The molecule has 5 heteroatoms. The molecule has 2 heterocycles. The molecule has 0 fully saturated rings. The maximum Gasteiger partial charge on any atom is 0.163 e. The highest BCUT2D eigenvalue weighted by Gasteiger charge is 2.05. The van der Waals surface area contributed by atoms with Gasteiger partial charge in [0.15, 0.2) is 5.82 Å². The van der Waals surface area contributed by atoms with E-state index in [-0.39, 0.29) is 0 Å². The Morgan fingerprint density at radius 1 is 1.19 bits per heavy atom. The van der Waals surface area contributed by atoms with E-state index >= 15 is 0 Å². The van der Waals surface area contributed by atoms with Crippen molar-refractivity contribution in [3.8, 4) is 11.4 Å². The van der Waals surface area contributed by atoms with Gasteiger partial charge >= 0.3 is 0 Å². The second kappa shape index (κ2) is 5.75. The summed E-state index contributed by atoms with van der Waals surface area (Å²) >= 11 is 0. The summed E-state index contributed by atoms with van der Waals surface area (Å²) in [5.41, 5.74) is 4.27. The van der Waals surface area contributed by atoms with Gasteiger partial charge in [0, 0.05) is 24.5 Å². The van der Waals surface area contributed by atoms with E-state index in [1.807, 2.05) is 49.0 Å². The van der Waals surface area contributed by atoms with Gasteiger partial charge in [-0.25, -0.2) is 0 Å². The van der Waals surface area contributed by atoms with Crippen LogP contribution in [0.5, 0.6) is 0 Å². The molecular weight excluding hydrogens is 262 g/mol. The number of hydrogen-bond acceptors (Lipinski definition) is 4. The largest absolute Gasteiger partial charge is 0.379 e. The highest BCUT2D eigenvalue weighted by molar-refractivity contribution is 5.62. The molecule has 0 atom stereocenters. The lowest BCUT2D eigenvalue weighted by Gasteiger charge is -2.08. The standard InChI is InChI=1S/C16H17N5/c1-12-6-7-15(17-9-12)10-18-14-5-3-4-13(8-14)16-20-19-11-21(16)2/h3-9,11,18H,10H2,1-2H3. The summed E-state index contributed by atoms with van der Waals surface area (Å²) in [5, 5.41) is 11.4. The molecule has 0 bridgehead atoms. The molecule has 0 radical (unpaired) electrons. The highest BCUT2D eigenvalue weighted by Crippen LogP contribution is 2.20. The van der Waals surface area contributed by atoms with Gasteiger partial charge < -0.3 is 9.88 Å². The molecule has 0 amide bonds. The van der Waals surface area contributed by atoms with Crippen molar-refractivity contribution in [2.45, 2.75) is 13.5 Å². The SMILES string of the molecule is Cc1ccc(CNc2cccc(-c3nncn3C)c2)nc1. The Kier molecular flexibility index (Phi) is 3.64. The van der Waals surface area contributed by atoms with Crippen molar-refractivity contribution in [3.05, 3.63) is 60.2 Å². The molecule has 1 aromatic carbocycles. The molecule has 0 saturated carbocycles. The van der Waals surface area contributed by atoms with Crippen molar-refractivity contribution in [2.24, 2.45) is 7.05 Å². The Bertz CT molecular complexity index is 730. The molecule has 3 aromatic rings. The topological polar surface area (TPSA) is 55.6 Å². The van der Waals surface area contributed by atoms with Gasteiger partial charge in [0.25, 0.3) is 0 Å². The smallest absolute Gasteiger partial charge is 0.163 e. The lowest BCUT2D eigenvalue weighted by Crippen LogP contribution is -2.02. The van der Waals surface area contributed by atoms with Crippen LogP contribution in [0.1, 0.15) is 11.3 Å². The van der Waals surface area contributed by atoms with E-state index in [0.717, 1.165) is 22.8 Å². The third-order valence-electron chi connectivity index (χ3n) is 3.28. The van der Waals surface area contributed by atoms with E-state index in [1.165, 1.54) is 5.56 Å². The van der Waals surface area contributed by atoms with Crippen LogP contribution < -0.4 is 5.32 Å². The maximum absolute atomic E-state index is 4.39. The third kappa shape index (κ3) is 3.08. The zero-order valence-electron chi connectivity index (χ0n) is 12.1. The van der Waals surface area contributed by atoms with E-state index in [1.54, 1.807) is 6.33 Å². The Morgan fingerprint density at radius 2 is 2.10 bits per heavy atom. The molecule has 0 saturated heterocycles. The number of aromatic nitrogens is 4. The fraction of sp³-hybridized carbons (Fsp3) is 0.188. The predicted octanol–water partition coefficient (Wildman–Crippen LogP) is 2.80. The van der Waals surface area contributed by atoms with Gasteiger partial charge in [-0.15, -0.1) is 10.2 Å². The zero-order chi connectivity index (χ0) is 14.7. The van der Waals surface area contributed by atoms with E-state index in [2.05, 4.69) is 32.6 Å². The molecule has 21 heavy (non-hydrogen) atoms. The summed E-state index contributed by atoms with van der Waals surface area (Å²) in [4.78, 5) is 4.39. The van der Waals surface area contributed by atoms with Crippen molar-refractivity contribution in [3.63, 3.8) is 0 Å². The first-order chi connectivity index (χ1) is 10.2. The van der Waals surface area contributed by atoms with Crippen LogP contribution in [0.3, 0.4) is 0 Å². The molecule has 0 unspecified atom stereocenters. The molecule has 106 valence electrons. The number of hydrogen-bond donors (Lipinski definition) is 1. The van der Waals surface area contributed by atoms with Crippen molar-refractivity contribution in [2.75, 3.05) is 5.32 Å². The Hall–Kier alpha value is -2.69.